The van der Waals surface area contributed by atoms with Crippen LogP contribution in [0.1, 0.15) is 12.5 Å². The van der Waals surface area contributed by atoms with E-state index in [0.29, 0.717) is 5.11 Å². The van der Waals surface area contributed by atoms with Crippen molar-refractivity contribution in [3.8, 4) is 0 Å². The van der Waals surface area contributed by atoms with Gasteiger partial charge in [-0.05, 0) is 36.8 Å². The second-order valence-corrected chi connectivity index (χ2v) is 5.39. The van der Waals surface area contributed by atoms with E-state index in [1.165, 1.54) is 5.56 Å². The molecule has 2 N–H and O–H groups in total. The van der Waals surface area contributed by atoms with Crippen LogP contribution in [-0.2, 0) is 6.54 Å². The first-order chi connectivity index (χ1) is 10.8. The van der Waals surface area contributed by atoms with Crippen LogP contribution in [0.15, 0.2) is 54.6 Å². The molecule has 2 aromatic carbocycles. The number of nitrogens with one attached hydrogen (secondary N) is 2. The second-order valence-electron chi connectivity index (χ2n) is 4.98. The van der Waals surface area contributed by atoms with Crippen LogP contribution in [0.4, 0.5) is 5.95 Å². The lowest BCUT2D eigenvalue weighted by molar-refractivity contribution is 0.834. The minimum Gasteiger partial charge on any atom is -0.363 e. The zero-order chi connectivity index (χ0) is 15.4. The molecule has 0 amide bonds. The Morgan fingerprint density at radius 3 is 2.59 bits per heavy atom. The van der Waals surface area contributed by atoms with Crippen molar-refractivity contribution < 1.29 is 0 Å². The van der Waals surface area contributed by atoms with Gasteiger partial charge in [0.25, 0.3) is 0 Å². The fraction of sp³-hybridized carbons (Fsp3) is 0.176. The zero-order valence-corrected chi connectivity index (χ0v) is 13.2. The van der Waals surface area contributed by atoms with E-state index in [2.05, 4.69) is 38.4 Å². The molecular weight excluding hydrogens is 292 g/mol. The lowest BCUT2D eigenvalue weighted by Gasteiger charge is -2.12. The van der Waals surface area contributed by atoms with Gasteiger partial charge >= 0.3 is 0 Å². The summed E-state index contributed by atoms with van der Waals surface area (Å²) < 4.78 is 2.15. The van der Waals surface area contributed by atoms with E-state index < -0.39 is 0 Å². The number of fused-ring (bicyclic) bond motifs is 1. The van der Waals surface area contributed by atoms with Crippen LogP contribution in [0.3, 0.4) is 0 Å². The van der Waals surface area contributed by atoms with Crippen LogP contribution in [0.25, 0.3) is 11.0 Å². The van der Waals surface area contributed by atoms with Crippen LogP contribution in [-0.4, -0.2) is 21.2 Å². The van der Waals surface area contributed by atoms with Crippen molar-refractivity contribution >= 4 is 34.3 Å². The molecule has 0 radical (unpaired) electrons. The Morgan fingerprint density at radius 2 is 1.82 bits per heavy atom. The number of nitrogens with zero attached hydrogens (tertiary/aromatic N) is 2. The SMILES string of the molecule is CCNC(=S)Nc1nc2ccccc2n1Cc1ccccc1. The maximum absolute atomic E-state index is 5.29. The number of rotatable bonds is 4. The van der Waals surface area contributed by atoms with Gasteiger partial charge in [-0.25, -0.2) is 4.98 Å². The minimum absolute atomic E-state index is 0.590. The fourth-order valence-electron chi connectivity index (χ4n) is 2.40. The van der Waals surface area contributed by atoms with E-state index >= 15 is 0 Å². The predicted octanol–water partition coefficient (Wildman–Crippen LogP) is 3.39. The summed E-state index contributed by atoms with van der Waals surface area (Å²) in [5.41, 5.74) is 3.27. The number of imidazole rings is 1. The van der Waals surface area contributed by atoms with Crippen LogP contribution in [0.2, 0.25) is 0 Å². The van der Waals surface area contributed by atoms with E-state index in [-0.39, 0.29) is 0 Å². The molecule has 0 spiro atoms. The van der Waals surface area contributed by atoms with E-state index in [1.54, 1.807) is 0 Å². The quantitative estimate of drug-likeness (QED) is 0.725. The molecule has 3 rings (SSSR count). The van der Waals surface area contributed by atoms with Gasteiger partial charge in [0.05, 0.1) is 17.6 Å². The predicted molar refractivity (Wildman–Crippen MR) is 95.2 cm³/mol. The summed E-state index contributed by atoms with van der Waals surface area (Å²) in [6.45, 7) is 3.55. The number of anilines is 1. The number of hydrogen-bond donors (Lipinski definition) is 2. The second kappa shape index (κ2) is 6.58. The summed E-state index contributed by atoms with van der Waals surface area (Å²) in [7, 11) is 0. The molecule has 112 valence electrons. The first kappa shape index (κ1) is 14.5. The van der Waals surface area contributed by atoms with E-state index in [0.717, 1.165) is 30.1 Å². The van der Waals surface area contributed by atoms with E-state index in [1.807, 2.05) is 43.3 Å². The Hall–Kier alpha value is -2.40. The van der Waals surface area contributed by atoms with Gasteiger partial charge in [-0.15, -0.1) is 0 Å². The van der Waals surface area contributed by atoms with E-state index in [4.69, 9.17) is 12.2 Å². The highest BCUT2D eigenvalue weighted by atomic mass is 32.1. The van der Waals surface area contributed by atoms with Crippen LogP contribution < -0.4 is 10.6 Å². The molecule has 1 aromatic heterocycles. The third-order valence-electron chi connectivity index (χ3n) is 3.40. The zero-order valence-electron chi connectivity index (χ0n) is 12.4. The number of aromatic nitrogens is 2. The highest BCUT2D eigenvalue weighted by Gasteiger charge is 2.11. The fourth-order valence-corrected chi connectivity index (χ4v) is 2.64. The van der Waals surface area contributed by atoms with Gasteiger partial charge in [0.2, 0.25) is 5.95 Å². The molecule has 0 aliphatic carbocycles. The van der Waals surface area contributed by atoms with Crippen LogP contribution in [0, 0.1) is 0 Å². The summed E-state index contributed by atoms with van der Waals surface area (Å²) in [6.07, 6.45) is 0. The van der Waals surface area contributed by atoms with Crippen LogP contribution >= 0.6 is 12.2 Å². The van der Waals surface area contributed by atoms with Crippen molar-refractivity contribution in [1.29, 1.82) is 0 Å². The molecule has 0 aliphatic rings. The molecule has 0 fully saturated rings. The van der Waals surface area contributed by atoms with Crippen molar-refractivity contribution in [2.45, 2.75) is 13.5 Å². The van der Waals surface area contributed by atoms with E-state index in [9.17, 15) is 0 Å². The molecular formula is C17H18N4S. The Bertz CT molecular complexity index is 780. The molecule has 0 unspecified atom stereocenters. The molecule has 0 aliphatic heterocycles. The normalized spacial score (nSPS) is 10.6. The third kappa shape index (κ3) is 3.09. The van der Waals surface area contributed by atoms with Crippen molar-refractivity contribution in [1.82, 2.24) is 14.9 Å². The number of hydrogen-bond acceptors (Lipinski definition) is 2. The number of thiocarbonyl (C=S) groups is 1. The molecule has 0 saturated heterocycles. The lowest BCUT2D eigenvalue weighted by Crippen LogP contribution is -2.29. The van der Waals surface area contributed by atoms with Gasteiger partial charge in [-0.2, -0.15) is 0 Å². The maximum atomic E-state index is 5.29. The first-order valence-corrected chi connectivity index (χ1v) is 7.73. The Morgan fingerprint density at radius 1 is 1.09 bits per heavy atom. The van der Waals surface area contributed by atoms with Crippen molar-refractivity contribution in [3.63, 3.8) is 0 Å². The average Bonchev–Trinajstić information content (AvgIpc) is 2.86. The highest BCUT2D eigenvalue weighted by Crippen LogP contribution is 2.21. The highest BCUT2D eigenvalue weighted by molar-refractivity contribution is 7.80. The summed E-state index contributed by atoms with van der Waals surface area (Å²) in [5.74, 6) is 0.760. The number of benzene rings is 2. The van der Waals surface area contributed by atoms with Crippen LogP contribution in [0.5, 0.6) is 0 Å². The van der Waals surface area contributed by atoms with Gasteiger partial charge in [0.15, 0.2) is 5.11 Å². The molecule has 22 heavy (non-hydrogen) atoms. The molecule has 0 saturated carbocycles. The minimum atomic E-state index is 0.590. The molecule has 4 nitrogen and oxygen atoms in total. The van der Waals surface area contributed by atoms with Gasteiger partial charge in [0, 0.05) is 6.54 Å². The monoisotopic (exact) mass is 310 g/mol. The topological polar surface area (TPSA) is 41.9 Å². The molecule has 0 bridgehead atoms. The summed E-state index contributed by atoms with van der Waals surface area (Å²) >= 11 is 5.29. The third-order valence-corrected chi connectivity index (χ3v) is 3.65. The van der Waals surface area contributed by atoms with Crippen molar-refractivity contribution in [2.24, 2.45) is 0 Å². The van der Waals surface area contributed by atoms with Gasteiger partial charge < -0.3 is 15.2 Å². The molecule has 3 aromatic rings. The molecule has 1 heterocycles. The maximum Gasteiger partial charge on any atom is 0.210 e. The standard InChI is InChI=1S/C17H18N4S/c1-2-18-17(22)20-16-19-14-10-6-7-11-15(14)21(16)12-13-8-4-3-5-9-13/h3-11H,2,12H2,1H3,(H2,18,19,20,22). The first-order valence-electron chi connectivity index (χ1n) is 7.32. The van der Waals surface area contributed by atoms with Gasteiger partial charge in [0.1, 0.15) is 0 Å². The summed E-state index contributed by atoms with van der Waals surface area (Å²) in [4.78, 5) is 4.66. The average molecular weight is 310 g/mol. The Balaban J connectivity index is 1.99. The Kier molecular flexibility index (Phi) is 4.34. The molecule has 0 atom stereocenters. The summed E-state index contributed by atoms with van der Waals surface area (Å²) in [5, 5.41) is 6.88. The van der Waals surface area contributed by atoms with Crippen molar-refractivity contribution in [3.05, 3.63) is 60.2 Å². The lowest BCUT2D eigenvalue weighted by atomic mass is 10.2. The molecule has 5 heteroatoms. The summed E-state index contributed by atoms with van der Waals surface area (Å²) in [6, 6.07) is 18.4. The van der Waals surface area contributed by atoms with Crippen molar-refractivity contribution in [2.75, 3.05) is 11.9 Å². The van der Waals surface area contributed by atoms with Gasteiger partial charge in [-0.1, -0.05) is 42.5 Å². The largest absolute Gasteiger partial charge is 0.363 e. The Labute approximate surface area is 135 Å². The number of para-hydroxylation sites is 2. The smallest absolute Gasteiger partial charge is 0.210 e. The van der Waals surface area contributed by atoms with Gasteiger partial charge in [-0.3, -0.25) is 0 Å².